The van der Waals surface area contributed by atoms with Crippen molar-refractivity contribution in [2.45, 2.75) is 0 Å². The molecule has 5 heteroatoms. The second-order valence-corrected chi connectivity index (χ2v) is 4.40. The normalized spacial score (nSPS) is 10.1. The van der Waals surface area contributed by atoms with Crippen LogP contribution in [0.1, 0.15) is 10.4 Å². The summed E-state index contributed by atoms with van der Waals surface area (Å²) in [7, 11) is 0. The van der Waals surface area contributed by atoms with Crippen molar-refractivity contribution in [2.24, 2.45) is 5.73 Å². The fraction of sp³-hybridized carbons (Fsp3) is 0. The van der Waals surface area contributed by atoms with Crippen LogP contribution >= 0.6 is 15.9 Å². The lowest BCUT2D eigenvalue weighted by atomic mass is 10.2. The summed E-state index contributed by atoms with van der Waals surface area (Å²) in [6, 6.07) is 11.5. The molecule has 4 nitrogen and oxygen atoms in total. The molecule has 0 aliphatic carbocycles. The topological polar surface area (TPSA) is 72.6 Å². The predicted molar refractivity (Wildman–Crippen MR) is 70.8 cm³/mol. The molecule has 0 aliphatic heterocycles. The minimum Gasteiger partial charge on any atom is -0.504 e. The van der Waals surface area contributed by atoms with Crippen LogP contribution in [-0.2, 0) is 0 Å². The van der Waals surface area contributed by atoms with E-state index in [0.29, 0.717) is 10.2 Å². The van der Waals surface area contributed by atoms with Gasteiger partial charge in [-0.3, -0.25) is 4.79 Å². The number of phenolic OH excluding ortho intramolecular Hbond substituents is 1. The molecule has 0 saturated heterocycles. The van der Waals surface area contributed by atoms with E-state index in [0.717, 1.165) is 0 Å². The molecule has 0 unspecified atom stereocenters. The van der Waals surface area contributed by atoms with Gasteiger partial charge in [-0.2, -0.15) is 0 Å². The largest absolute Gasteiger partial charge is 0.504 e. The van der Waals surface area contributed by atoms with Crippen LogP contribution in [0, 0.1) is 0 Å². The summed E-state index contributed by atoms with van der Waals surface area (Å²) in [6.45, 7) is 0. The third kappa shape index (κ3) is 2.46. The molecular weight excluding hydrogens is 298 g/mol. The highest BCUT2D eigenvalue weighted by molar-refractivity contribution is 9.10. The summed E-state index contributed by atoms with van der Waals surface area (Å²) >= 11 is 3.24. The Morgan fingerprint density at radius 2 is 1.78 bits per heavy atom. The maximum absolute atomic E-state index is 11.4. The van der Waals surface area contributed by atoms with Gasteiger partial charge in [0.1, 0.15) is 5.75 Å². The molecule has 18 heavy (non-hydrogen) atoms. The summed E-state index contributed by atoms with van der Waals surface area (Å²) in [4.78, 5) is 11.4. The molecule has 2 aromatic carbocycles. The Morgan fingerprint density at radius 3 is 2.44 bits per heavy atom. The Hall–Kier alpha value is -2.01. The van der Waals surface area contributed by atoms with E-state index in [1.807, 2.05) is 0 Å². The number of rotatable bonds is 3. The zero-order valence-corrected chi connectivity index (χ0v) is 10.8. The van der Waals surface area contributed by atoms with Gasteiger partial charge in [0.05, 0.1) is 5.56 Å². The number of ether oxygens (including phenoxy) is 1. The quantitative estimate of drug-likeness (QED) is 0.915. The van der Waals surface area contributed by atoms with E-state index < -0.39 is 5.91 Å². The van der Waals surface area contributed by atoms with Gasteiger partial charge in [0.15, 0.2) is 11.5 Å². The van der Waals surface area contributed by atoms with Crippen LogP contribution in [-0.4, -0.2) is 11.0 Å². The Morgan fingerprint density at radius 1 is 1.11 bits per heavy atom. The number of para-hydroxylation sites is 2. The van der Waals surface area contributed by atoms with Crippen LogP contribution in [0.25, 0.3) is 0 Å². The number of carbonyl (C=O) groups is 1. The molecule has 0 saturated carbocycles. The summed E-state index contributed by atoms with van der Waals surface area (Å²) in [5.74, 6) is -0.0581. The lowest BCUT2D eigenvalue weighted by Gasteiger charge is -2.11. The first-order valence-corrected chi connectivity index (χ1v) is 5.93. The Labute approximate surface area is 112 Å². The van der Waals surface area contributed by atoms with Gasteiger partial charge in [-0.1, -0.05) is 18.2 Å². The van der Waals surface area contributed by atoms with E-state index in [4.69, 9.17) is 10.5 Å². The SMILES string of the molecule is NC(=O)c1c(Br)cccc1Oc1ccccc1O. The van der Waals surface area contributed by atoms with E-state index in [-0.39, 0.29) is 17.1 Å². The maximum Gasteiger partial charge on any atom is 0.253 e. The highest BCUT2D eigenvalue weighted by Crippen LogP contribution is 2.34. The number of amides is 1. The van der Waals surface area contributed by atoms with Crippen molar-refractivity contribution in [2.75, 3.05) is 0 Å². The third-order valence-electron chi connectivity index (χ3n) is 2.31. The number of carbonyl (C=O) groups excluding carboxylic acids is 1. The van der Waals surface area contributed by atoms with Crippen molar-refractivity contribution < 1.29 is 14.6 Å². The Kier molecular flexibility index (Phi) is 3.53. The van der Waals surface area contributed by atoms with E-state index in [1.165, 1.54) is 6.07 Å². The van der Waals surface area contributed by atoms with Gasteiger partial charge in [0.25, 0.3) is 5.91 Å². The predicted octanol–water partition coefficient (Wildman–Crippen LogP) is 3.05. The first-order valence-electron chi connectivity index (χ1n) is 5.14. The highest BCUT2D eigenvalue weighted by Gasteiger charge is 2.15. The van der Waals surface area contributed by atoms with Gasteiger partial charge in [-0.05, 0) is 40.2 Å². The molecular formula is C13H10BrNO3. The van der Waals surface area contributed by atoms with Gasteiger partial charge >= 0.3 is 0 Å². The average molecular weight is 308 g/mol. The minimum absolute atomic E-state index is 0.00658. The minimum atomic E-state index is -0.604. The lowest BCUT2D eigenvalue weighted by molar-refractivity contribution is 0.0997. The van der Waals surface area contributed by atoms with Crippen LogP contribution < -0.4 is 10.5 Å². The number of benzene rings is 2. The van der Waals surface area contributed by atoms with Gasteiger partial charge in [-0.25, -0.2) is 0 Å². The molecule has 2 aromatic rings. The molecule has 3 N–H and O–H groups in total. The second-order valence-electron chi connectivity index (χ2n) is 3.55. The first-order chi connectivity index (χ1) is 8.59. The molecule has 2 rings (SSSR count). The van der Waals surface area contributed by atoms with Crippen molar-refractivity contribution in [3.8, 4) is 17.2 Å². The molecule has 0 bridgehead atoms. The number of aromatic hydroxyl groups is 1. The zero-order chi connectivity index (χ0) is 13.1. The maximum atomic E-state index is 11.4. The molecule has 0 aliphatic rings. The van der Waals surface area contributed by atoms with E-state index in [1.54, 1.807) is 36.4 Å². The molecule has 0 radical (unpaired) electrons. The smallest absolute Gasteiger partial charge is 0.253 e. The fourth-order valence-electron chi connectivity index (χ4n) is 1.49. The molecule has 1 amide bonds. The summed E-state index contributed by atoms with van der Waals surface area (Å²) in [5, 5.41) is 9.62. The van der Waals surface area contributed by atoms with E-state index in [9.17, 15) is 9.90 Å². The Balaban J connectivity index is 2.44. The summed E-state index contributed by atoms with van der Waals surface area (Å²) in [6.07, 6.45) is 0. The fourth-order valence-corrected chi connectivity index (χ4v) is 2.03. The van der Waals surface area contributed by atoms with Gasteiger partial charge in [0.2, 0.25) is 0 Å². The second kappa shape index (κ2) is 5.10. The lowest BCUT2D eigenvalue weighted by Crippen LogP contribution is -2.13. The van der Waals surface area contributed by atoms with Crippen LogP contribution in [0.3, 0.4) is 0 Å². The zero-order valence-electron chi connectivity index (χ0n) is 9.26. The molecule has 0 spiro atoms. The number of hydrogen-bond donors (Lipinski definition) is 2. The number of halogens is 1. The molecule has 0 heterocycles. The average Bonchev–Trinajstić information content (AvgIpc) is 2.31. The van der Waals surface area contributed by atoms with Gasteiger partial charge in [-0.15, -0.1) is 0 Å². The van der Waals surface area contributed by atoms with Crippen molar-refractivity contribution in [3.63, 3.8) is 0 Å². The van der Waals surface area contributed by atoms with Crippen LogP contribution in [0.15, 0.2) is 46.9 Å². The molecule has 0 aromatic heterocycles. The first kappa shape index (κ1) is 12.4. The molecule has 0 fully saturated rings. The van der Waals surface area contributed by atoms with Crippen molar-refractivity contribution >= 4 is 21.8 Å². The number of hydrogen-bond acceptors (Lipinski definition) is 3. The van der Waals surface area contributed by atoms with Crippen LogP contribution in [0.2, 0.25) is 0 Å². The highest BCUT2D eigenvalue weighted by atomic mass is 79.9. The van der Waals surface area contributed by atoms with E-state index >= 15 is 0 Å². The Bertz CT molecular complexity index is 599. The number of phenols is 1. The molecule has 0 atom stereocenters. The standard InChI is InChI=1S/C13H10BrNO3/c14-8-4-3-7-11(12(8)13(15)17)18-10-6-2-1-5-9(10)16/h1-7,16H,(H2,15,17). The van der Waals surface area contributed by atoms with Gasteiger partial charge < -0.3 is 15.6 Å². The van der Waals surface area contributed by atoms with E-state index in [2.05, 4.69) is 15.9 Å². The third-order valence-corrected chi connectivity index (χ3v) is 2.97. The number of nitrogens with two attached hydrogens (primary N) is 1. The summed E-state index contributed by atoms with van der Waals surface area (Å²) < 4.78 is 6.05. The van der Waals surface area contributed by atoms with Crippen molar-refractivity contribution in [1.29, 1.82) is 0 Å². The van der Waals surface area contributed by atoms with Crippen molar-refractivity contribution in [3.05, 3.63) is 52.5 Å². The number of primary amides is 1. The van der Waals surface area contributed by atoms with Gasteiger partial charge in [0, 0.05) is 4.47 Å². The van der Waals surface area contributed by atoms with Crippen LogP contribution in [0.4, 0.5) is 0 Å². The monoisotopic (exact) mass is 307 g/mol. The summed E-state index contributed by atoms with van der Waals surface area (Å²) in [5.41, 5.74) is 5.53. The molecule has 92 valence electrons. The van der Waals surface area contributed by atoms with Crippen LogP contribution in [0.5, 0.6) is 17.2 Å². The van der Waals surface area contributed by atoms with Crippen molar-refractivity contribution in [1.82, 2.24) is 0 Å².